The summed E-state index contributed by atoms with van der Waals surface area (Å²) in [6, 6.07) is 63.6. The minimum atomic E-state index is -1.18. The van der Waals surface area contributed by atoms with Crippen LogP contribution in [-0.2, 0) is 31.4 Å². The Morgan fingerprint density at radius 3 is 1.12 bits per heavy atom. The van der Waals surface area contributed by atoms with E-state index in [9.17, 15) is 14.7 Å². The maximum Gasteiger partial charge on any atom is 0.335 e. The number of aryl methyl sites for hydroxylation is 2. The number of benzene rings is 7. The lowest BCUT2D eigenvalue weighted by Crippen LogP contribution is -2.51. The molecule has 0 saturated heterocycles. The Labute approximate surface area is 400 Å². The van der Waals surface area contributed by atoms with Crippen LogP contribution in [0.3, 0.4) is 0 Å². The zero-order valence-corrected chi connectivity index (χ0v) is 39.7. The summed E-state index contributed by atoms with van der Waals surface area (Å²) in [6.45, 7) is 5.16. The van der Waals surface area contributed by atoms with Crippen LogP contribution in [0.5, 0.6) is 11.5 Å². The molecular formula is C58H56O7S2. The number of carbonyl (C=O) groups excluding carboxylic acids is 2. The van der Waals surface area contributed by atoms with Crippen molar-refractivity contribution in [3.05, 3.63) is 205 Å². The van der Waals surface area contributed by atoms with Gasteiger partial charge in [-0.2, -0.15) is 0 Å². The van der Waals surface area contributed by atoms with E-state index >= 15 is 0 Å². The van der Waals surface area contributed by atoms with E-state index in [2.05, 4.69) is 178 Å². The van der Waals surface area contributed by atoms with E-state index in [0.717, 1.165) is 60.8 Å². The van der Waals surface area contributed by atoms with Crippen LogP contribution in [0.4, 0.5) is 0 Å². The molecular weight excluding hydrogens is 873 g/mol. The van der Waals surface area contributed by atoms with Crippen molar-refractivity contribution in [3.8, 4) is 11.5 Å². The first-order valence-electron chi connectivity index (χ1n) is 22.6. The van der Waals surface area contributed by atoms with Gasteiger partial charge in [0.1, 0.15) is 5.75 Å². The Bertz CT molecular complexity index is 2520. The number of carbonyl (C=O) groups is 3. The van der Waals surface area contributed by atoms with E-state index in [1.54, 1.807) is 0 Å². The molecule has 4 aliphatic carbocycles. The van der Waals surface area contributed by atoms with Gasteiger partial charge in [-0.25, -0.2) is 4.79 Å². The summed E-state index contributed by atoms with van der Waals surface area (Å²) < 4.78 is 6.27. The molecule has 67 heavy (non-hydrogen) atoms. The number of esters is 1. The van der Waals surface area contributed by atoms with Crippen LogP contribution >= 0.6 is 0 Å². The van der Waals surface area contributed by atoms with Crippen molar-refractivity contribution < 1.29 is 34.4 Å². The van der Waals surface area contributed by atoms with Gasteiger partial charge >= 0.3 is 11.9 Å². The highest BCUT2D eigenvalue weighted by Gasteiger charge is 2.55. The summed E-state index contributed by atoms with van der Waals surface area (Å²) in [6.07, 6.45) is 7.13. The zero-order valence-electron chi connectivity index (χ0n) is 38.1. The number of aliphatic carboxylic acids is 1. The van der Waals surface area contributed by atoms with Crippen LogP contribution < -0.4 is 14.9 Å². The summed E-state index contributed by atoms with van der Waals surface area (Å²) in [5.74, 6) is 0.316. The number of aromatic carboxylic acids is 1. The fourth-order valence-electron chi connectivity index (χ4n) is 9.99. The van der Waals surface area contributed by atoms with Gasteiger partial charge in [0.05, 0.1) is 32.8 Å². The van der Waals surface area contributed by atoms with Crippen molar-refractivity contribution in [3.63, 3.8) is 0 Å². The van der Waals surface area contributed by atoms with E-state index in [0.29, 0.717) is 0 Å². The molecule has 0 unspecified atom stereocenters. The second kappa shape index (κ2) is 22.8. The SMILES string of the molecule is CC(=O)[O-].Cc1cc([S+](c2ccccc2)c2ccccc2)cc(C)c1OC(=O)C12CC3CC(CC(C3)C1)C2.O=C(O)c1ccccc1[O-].c1ccc([S+](c2ccccc2)c2ccccc2)cc1. The highest BCUT2D eigenvalue weighted by atomic mass is 32.2. The molecule has 0 aliphatic heterocycles. The van der Waals surface area contributed by atoms with E-state index in [1.807, 2.05) is 0 Å². The Balaban J connectivity index is 0.000000168. The summed E-state index contributed by atoms with van der Waals surface area (Å²) in [7, 11) is -0.220. The van der Waals surface area contributed by atoms with Gasteiger partial charge in [-0.05, 0) is 155 Å². The van der Waals surface area contributed by atoms with Crippen molar-refractivity contribution in [1.82, 2.24) is 0 Å². The van der Waals surface area contributed by atoms with E-state index in [-0.39, 0.29) is 38.7 Å². The summed E-state index contributed by atoms with van der Waals surface area (Å²) in [4.78, 5) is 40.7. The molecule has 342 valence electrons. The molecule has 9 heteroatoms. The lowest BCUT2D eigenvalue weighted by Gasteiger charge is -2.55. The Morgan fingerprint density at radius 2 is 0.821 bits per heavy atom. The molecule has 7 aromatic carbocycles. The van der Waals surface area contributed by atoms with E-state index < -0.39 is 17.7 Å². The van der Waals surface area contributed by atoms with Gasteiger partial charge in [0.25, 0.3) is 0 Å². The summed E-state index contributed by atoms with van der Waals surface area (Å²) in [5.41, 5.74) is 1.70. The molecule has 4 saturated carbocycles. The maximum atomic E-state index is 13.6. The number of hydrogen-bond donors (Lipinski definition) is 1. The van der Waals surface area contributed by atoms with Crippen LogP contribution in [0, 0.1) is 37.0 Å². The van der Waals surface area contributed by atoms with Crippen molar-refractivity contribution >= 4 is 39.7 Å². The van der Waals surface area contributed by atoms with Gasteiger partial charge in [0.2, 0.25) is 0 Å². The standard InChI is InChI=1S/C31H33O2S.C18H15S.C7H6O3.C2H4O2/c1-21-13-28(34(26-9-5-3-6-10-26)27-11-7-4-8-12-27)14-22(2)29(21)33-30(32)31-18-23-15-24(19-31)17-25(16-23)20-31;1-4-10-16(11-5-1)19(17-12-6-2-7-13-17)18-14-8-3-9-15-18;8-6-4-2-1-3-5(6)7(9)10;1-2(3)4/h3-14,23-25H,15-20H2,1-2H3;1-15H;1-4,8H,(H,9,10);1H3,(H,3,4)/q2*+1;;/p-2. The second-order valence-electron chi connectivity index (χ2n) is 17.4. The maximum absolute atomic E-state index is 13.6. The fourth-order valence-corrected chi connectivity index (χ4v) is 14.4. The Morgan fingerprint density at radius 1 is 0.522 bits per heavy atom. The lowest BCUT2D eigenvalue weighted by atomic mass is 9.49. The molecule has 0 atom stereocenters. The number of hydrogen-bond acceptors (Lipinski definition) is 6. The molecule has 0 heterocycles. The molecule has 7 nitrogen and oxygen atoms in total. The van der Waals surface area contributed by atoms with Gasteiger partial charge in [-0.3, -0.25) is 4.79 Å². The second-order valence-corrected chi connectivity index (χ2v) is 21.5. The van der Waals surface area contributed by atoms with Crippen molar-refractivity contribution in [2.75, 3.05) is 0 Å². The van der Waals surface area contributed by atoms with Gasteiger partial charge in [0, 0.05) is 18.1 Å². The first-order valence-corrected chi connectivity index (χ1v) is 25.1. The largest absolute Gasteiger partial charge is 0.872 e. The molecule has 4 fully saturated rings. The molecule has 7 aromatic rings. The number of carboxylic acid groups (broad SMARTS) is 2. The lowest BCUT2D eigenvalue weighted by molar-refractivity contribution is -0.302. The topological polar surface area (TPSA) is 127 Å². The Kier molecular flexibility index (Phi) is 16.4. The van der Waals surface area contributed by atoms with E-state index in [4.69, 9.17) is 19.7 Å². The first-order chi connectivity index (χ1) is 32.4. The minimum absolute atomic E-state index is 0.0146. The van der Waals surface area contributed by atoms with Crippen molar-refractivity contribution in [1.29, 1.82) is 0 Å². The number of ether oxygens (including phenoxy) is 1. The van der Waals surface area contributed by atoms with Gasteiger partial charge < -0.3 is 24.9 Å². The summed E-state index contributed by atoms with van der Waals surface area (Å²) >= 11 is 0. The van der Waals surface area contributed by atoms with Gasteiger partial charge in [-0.15, -0.1) is 0 Å². The monoisotopic (exact) mass is 928 g/mol. The number of rotatable bonds is 9. The summed E-state index contributed by atoms with van der Waals surface area (Å²) in [5, 5.41) is 27.9. The van der Waals surface area contributed by atoms with Gasteiger partial charge in [-0.1, -0.05) is 115 Å². The smallest absolute Gasteiger partial charge is 0.335 e. The molecule has 0 amide bonds. The van der Waals surface area contributed by atoms with Crippen LogP contribution in [-0.4, -0.2) is 23.0 Å². The molecule has 1 N–H and O–H groups in total. The highest BCUT2D eigenvalue weighted by Crippen LogP contribution is 2.60. The molecule has 11 rings (SSSR count). The zero-order chi connectivity index (χ0) is 47.3. The third kappa shape index (κ3) is 12.5. The third-order valence-corrected chi connectivity index (χ3v) is 16.8. The Hall–Kier alpha value is -6.55. The van der Waals surface area contributed by atoms with Crippen LogP contribution in [0.2, 0.25) is 0 Å². The first kappa shape index (κ1) is 48.4. The number of para-hydroxylation sites is 1. The highest BCUT2D eigenvalue weighted by molar-refractivity contribution is 7.97. The fraction of sp³-hybridized carbons (Fsp3) is 0.224. The van der Waals surface area contributed by atoms with Crippen molar-refractivity contribution in [2.45, 2.75) is 88.7 Å². The molecule has 4 aliphatic rings. The van der Waals surface area contributed by atoms with E-state index in [1.165, 1.54) is 72.9 Å². The van der Waals surface area contributed by atoms with Gasteiger partial charge in [0.15, 0.2) is 29.4 Å². The quantitative estimate of drug-likeness (QED) is 0.0867. The normalized spacial score (nSPS) is 18.6. The van der Waals surface area contributed by atoms with Crippen LogP contribution in [0.1, 0.15) is 66.9 Å². The molecule has 0 spiro atoms. The van der Waals surface area contributed by atoms with Crippen LogP contribution in [0.25, 0.3) is 0 Å². The van der Waals surface area contributed by atoms with Crippen molar-refractivity contribution in [2.24, 2.45) is 23.2 Å². The number of carboxylic acids is 2. The molecule has 4 bridgehead atoms. The van der Waals surface area contributed by atoms with Crippen LogP contribution in [0.15, 0.2) is 217 Å². The molecule has 0 radical (unpaired) electrons. The predicted molar refractivity (Wildman–Crippen MR) is 262 cm³/mol. The minimum Gasteiger partial charge on any atom is -0.872 e. The molecule has 0 aromatic heterocycles. The average Bonchev–Trinajstić information content (AvgIpc) is 3.32. The third-order valence-electron chi connectivity index (χ3n) is 12.3. The average molecular weight is 929 g/mol. The predicted octanol–water partition coefficient (Wildman–Crippen LogP) is 11.5.